The predicted octanol–water partition coefficient (Wildman–Crippen LogP) is 2.10. The summed E-state index contributed by atoms with van der Waals surface area (Å²) < 4.78 is 22.8. The van der Waals surface area contributed by atoms with Gasteiger partial charge in [0.1, 0.15) is 0 Å². The van der Waals surface area contributed by atoms with Crippen molar-refractivity contribution in [2.45, 2.75) is 13.3 Å². The average molecular weight is 460 g/mol. The Morgan fingerprint density at radius 1 is 1.23 bits per heavy atom. The van der Waals surface area contributed by atoms with Crippen molar-refractivity contribution >= 4 is 51.4 Å². The van der Waals surface area contributed by atoms with Gasteiger partial charge < -0.3 is 10.6 Å². The van der Waals surface area contributed by atoms with Crippen molar-refractivity contribution in [1.82, 2.24) is 10.6 Å². The van der Waals surface area contributed by atoms with E-state index in [1.54, 1.807) is 14.0 Å². The zero-order valence-electron chi connectivity index (χ0n) is 12.8. The second kappa shape index (κ2) is 11.1. The van der Waals surface area contributed by atoms with Gasteiger partial charge >= 0.3 is 0 Å². The van der Waals surface area contributed by atoms with Gasteiger partial charge in [-0.2, -0.15) is 0 Å². The molecule has 0 bridgehead atoms. The molecule has 0 saturated carbocycles. The number of halogens is 2. The van der Waals surface area contributed by atoms with E-state index in [0.717, 1.165) is 17.0 Å². The molecular weight excluding hydrogens is 437 g/mol. The molecule has 0 atom stereocenters. The largest absolute Gasteiger partial charge is 0.356 e. The summed E-state index contributed by atoms with van der Waals surface area (Å²) in [5.74, 6) is 0.857. The van der Waals surface area contributed by atoms with Crippen molar-refractivity contribution in [2.75, 3.05) is 31.6 Å². The molecular formula is C14H23ClIN3O2S. The first-order valence-electron chi connectivity index (χ1n) is 6.87. The van der Waals surface area contributed by atoms with Crippen molar-refractivity contribution in [2.24, 2.45) is 4.99 Å². The van der Waals surface area contributed by atoms with Gasteiger partial charge in [0.05, 0.1) is 5.75 Å². The van der Waals surface area contributed by atoms with Crippen LogP contribution in [-0.4, -0.2) is 46.0 Å². The topological polar surface area (TPSA) is 70.6 Å². The Hall–Kier alpha value is -0.540. The smallest absolute Gasteiger partial charge is 0.191 e. The molecule has 0 aliphatic carbocycles. The first-order chi connectivity index (χ1) is 9.98. The maximum absolute atomic E-state index is 11.4. The maximum Gasteiger partial charge on any atom is 0.191 e. The fourth-order valence-electron chi connectivity index (χ4n) is 1.71. The molecule has 8 heteroatoms. The minimum absolute atomic E-state index is 0. The third-order valence-electron chi connectivity index (χ3n) is 3.01. The third kappa shape index (κ3) is 8.19. The highest BCUT2D eigenvalue weighted by molar-refractivity contribution is 14.0. The Balaban J connectivity index is 0.00000441. The van der Waals surface area contributed by atoms with Gasteiger partial charge in [-0.1, -0.05) is 36.7 Å². The molecule has 0 amide bonds. The zero-order chi connectivity index (χ0) is 15.7. The lowest BCUT2D eigenvalue weighted by Crippen LogP contribution is -2.40. The number of rotatable bonds is 7. The van der Waals surface area contributed by atoms with E-state index in [4.69, 9.17) is 11.6 Å². The maximum atomic E-state index is 11.4. The lowest BCUT2D eigenvalue weighted by molar-refractivity contribution is 0.595. The minimum Gasteiger partial charge on any atom is -0.356 e. The van der Waals surface area contributed by atoms with Crippen molar-refractivity contribution < 1.29 is 8.42 Å². The molecule has 126 valence electrons. The summed E-state index contributed by atoms with van der Waals surface area (Å²) in [6, 6.07) is 7.69. The van der Waals surface area contributed by atoms with E-state index in [1.807, 2.05) is 24.3 Å². The lowest BCUT2D eigenvalue weighted by Gasteiger charge is -2.12. The Morgan fingerprint density at radius 2 is 1.86 bits per heavy atom. The lowest BCUT2D eigenvalue weighted by atomic mass is 10.1. The van der Waals surface area contributed by atoms with Crippen LogP contribution in [0.3, 0.4) is 0 Å². The van der Waals surface area contributed by atoms with E-state index >= 15 is 0 Å². The SMILES string of the molecule is CCS(=O)(=O)CCNC(=NC)NCCc1ccccc1Cl.I. The van der Waals surface area contributed by atoms with E-state index in [2.05, 4.69) is 15.6 Å². The number of benzene rings is 1. The second-order valence-electron chi connectivity index (χ2n) is 4.50. The molecule has 0 saturated heterocycles. The van der Waals surface area contributed by atoms with Gasteiger partial charge in [0.25, 0.3) is 0 Å². The summed E-state index contributed by atoms with van der Waals surface area (Å²) in [7, 11) is -1.30. The highest BCUT2D eigenvalue weighted by Crippen LogP contribution is 2.14. The molecule has 1 aromatic carbocycles. The Labute approximate surface area is 154 Å². The molecule has 2 N–H and O–H groups in total. The zero-order valence-corrected chi connectivity index (χ0v) is 16.7. The first kappa shape index (κ1) is 21.5. The highest BCUT2D eigenvalue weighted by Gasteiger charge is 2.07. The van der Waals surface area contributed by atoms with Crippen LogP contribution in [0, 0.1) is 0 Å². The van der Waals surface area contributed by atoms with Crippen molar-refractivity contribution in [3.8, 4) is 0 Å². The van der Waals surface area contributed by atoms with Crippen LogP contribution >= 0.6 is 35.6 Å². The summed E-state index contributed by atoms with van der Waals surface area (Å²) in [4.78, 5) is 4.05. The number of hydrogen-bond acceptors (Lipinski definition) is 3. The highest BCUT2D eigenvalue weighted by atomic mass is 127. The number of hydrogen-bond donors (Lipinski definition) is 2. The van der Waals surface area contributed by atoms with Gasteiger partial charge in [-0.15, -0.1) is 24.0 Å². The van der Waals surface area contributed by atoms with Crippen LogP contribution in [0.15, 0.2) is 29.3 Å². The monoisotopic (exact) mass is 459 g/mol. The molecule has 5 nitrogen and oxygen atoms in total. The first-order valence-corrected chi connectivity index (χ1v) is 9.06. The molecule has 0 aromatic heterocycles. The normalized spacial score (nSPS) is 11.7. The molecule has 0 fully saturated rings. The standard InChI is InChI=1S/C14H22ClN3O2S.HI/c1-3-21(19,20)11-10-18-14(16-2)17-9-8-12-6-4-5-7-13(12)15;/h4-7H,3,8-11H2,1-2H3,(H2,16,17,18);1H. The Morgan fingerprint density at radius 3 is 2.45 bits per heavy atom. The molecule has 22 heavy (non-hydrogen) atoms. The predicted molar refractivity (Wildman–Crippen MR) is 104 cm³/mol. The minimum atomic E-state index is -2.96. The molecule has 0 radical (unpaired) electrons. The van der Waals surface area contributed by atoms with Crippen LogP contribution in [-0.2, 0) is 16.3 Å². The van der Waals surface area contributed by atoms with Crippen molar-refractivity contribution in [3.05, 3.63) is 34.9 Å². The summed E-state index contributed by atoms with van der Waals surface area (Å²) in [5.41, 5.74) is 1.07. The second-order valence-corrected chi connectivity index (χ2v) is 7.38. The van der Waals surface area contributed by atoms with Gasteiger partial charge in [0.2, 0.25) is 0 Å². The molecule has 0 aliphatic heterocycles. The van der Waals surface area contributed by atoms with E-state index in [1.165, 1.54) is 0 Å². The summed E-state index contributed by atoms with van der Waals surface area (Å²) in [6.07, 6.45) is 0.771. The van der Waals surface area contributed by atoms with E-state index < -0.39 is 9.84 Å². The molecule has 0 aliphatic rings. The Bertz CT molecular complexity index is 579. The Kier molecular flexibility index (Phi) is 10.8. The van der Waals surface area contributed by atoms with Gasteiger partial charge in [0, 0.05) is 30.9 Å². The molecule has 1 aromatic rings. The van der Waals surface area contributed by atoms with E-state index in [9.17, 15) is 8.42 Å². The van der Waals surface area contributed by atoms with Crippen LogP contribution in [0.25, 0.3) is 0 Å². The fourth-order valence-corrected chi connectivity index (χ4v) is 2.64. The number of aliphatic imine (C=N–C) groups is 1. The van der Waals surface area contributed by atoms with Crippen LogP contribution in [0.4, 0.5) is 0 Å². The van der Waals surface area contributed by atoms with Gasteiger partial charge in [-0.05, 0) is 18.1 Å². The van der Waals surface area contributed by atoms with Gasteiger partial charge in [-0.3, -0.25) is 4.99 Å². The summed E-state index contributed by atoms with van der Waals surface area (Å²) in [6.45, 7) is 2.66. The van der Waals surface area contributed by atoms with Crippen LogP contribution in [0.1, 0.15) is 12.5 Å². The summed E-state index contributed by atoms with van der Waals surface area (Å²) >= 11 is 6.08. The van der Waals surface area contributed by atoms with Gasteiger partial charge in [-0.25, -0.2) is 8.42 Å². The number of nitrogens with one attached hydrogen (secondary N) is 2. The molecule has 0 spiro atoms. The van der Waals surface area contributed by atoms with Gasteiger partial charge in [0.15, 0.2) is 15.8 Å². The average Bonchev–Trinajstić information content (AvgIpc) is 2.47. The number of sulfone groups is 1. The van der Waals surface area contributed by atoms with Crippen LogP contribution < -0.4 is 10.6 Å². The summed E-state index contributed by atoms with van der Waals surface area (Å²) in [5, 5.41) is 6.87. The van der Waals surface area contributed by atoms with Crippen LogP contribution in [0.5, 0.6) is 0 Å². The van der Waals surface area contributed by atoms with E-state index in [-0.39, 0.29) is 35.5 Å². The fraction of sp³-hybridized carbons (Fsp3) is 0.500. The van der Waals surface area contributed by atoms with Crippen molar-refractivity contribution in [1.29, 1.82) is 0 Å². The molecule has 0 heterocycles. The number of nitrogens with zero attached hydrogens (tertiary/aromatic N) is 1. The molecule has 0 unspecified atom stereocenters. The molecule has 1 rings (SSSR count). The van der Waals surface area contributed by atoms with E-state index in [0.29, 0.717) is 19.0 Å². The number of guanidine groups is 1. The quantitative estimate of drug-likeness (QED) is 0.372. The van der Waals surface area contributed by atoms with Crippen molar-refractivity contribution in [3.63, 3.8) is 0 Å². The third-order valence-corrected chi connectivity index (χ3v) is 5.09. The van der Waals surface area contributed by atoms with Crippen LogP contribution in [0.2, 0.25) is 5.02 Å².